The first-order chi connectivity index (χ1) is 10.6. The highest BCUT2D eigenvalue weighted by Gasteiger charge is 2.40. The van der Waals surface area contributed by atoms with Crippen molar-refractivity contribution < 1.29 is 9.53 Å². The molecular weight excluding hydrogens is 296 g/mol. The Labute approximate surface area is 137 Å². The van der Waals surface area contributed by atoms with Crippen LogP contribution >= 0.6 is 11.3 Å². The van der Waals surface area contributed by atoms with Crippen molar-refractivity contribution in [2.24, 2.45) is 5.41 Å². The second-order valence-corrected chi connectivity index (χ2v) is 7.74. The molecule has 1 amide bonds. The van der Waals surface area contributed by atoms with E-state index in [9.17, 15) is 4.79 Å². The van der Waals surface area contributed by atoms with Gasteiger partial charge >= 0.3 is 0 Å². The molecule has 122 valence electrons. The summed E-state index contributed by atoms with van der Waals surface area (Å²) < 4.78 is 5.91. The van der Waals surface area contributed by atoms with Crippen molar-refractivity contribution in [2.75, 3.05) is 39.4 Å². The van der Waals surface area contributed by atoms with Crippen LogP contribution in [-0.2, 0) is 4.74 Å². The first kappa shape index (κ1) is 16.0. The van der Waals surface area contributed by atoms with Crippen LogP contribution in [0.25, 0.3) is 0 Å². The summed E-state index contributed by atoms with van der Waals surface area (Å²) in [6.45, 7) is 9.81. The quantitative estimate of drug-likeness (QED) is 0.839. The highest BCUT2D eigenvalue weighted by molar-refractivity contribution is 7.08. The van der Waals surface area contributed by atoms with Gasteiger partial charge in [0, 0.05) is 43.0 Å². The van der Waals surface area contributed by atoms with E-state index in [1.165, 1.54) is 0 Å². The fourth-order valence-corrected chi connectivity index (χ4v) is 4.29. The molecule has 2 aliphatic heterocycles. The van der Waals surface area contributed by atoms with Crippen LogP contribution in [0.15, 0.2) is 16.8 Å². The molecule has 0 aliphatic carbocycles. The second-order valence-electron chi connectivity index (χ2n) is 6.96. The predicted molar refractivity (Wildman–Crippen MR) is 89.4 cm³/mol. The van der Waals surface area contributed by atoms with Crippen molar-refractivity contribution in [2.45, 2.75) is 32.7 Å². The third-order valence-corrected chi connectivity index (χ3v) is 5.60. The Bertz CT molecular complexity index is 503. The fourth-order valence-electron chi connectivity index (χ4n) is 3.66. The van der Waals surface area contributed by atoms with Crippen molar-refractivity contribution in [3.8, 4) is 0 Å². The molecule has 1 spiro atoms. The molecule has 1 atom stereocenters. The number of rotatable bonds is 2. The zero-order chi connectivity index (χ0) is 15.6. The van der Waals surface area contributed by atoms with Gasteiger partial charge in [-0.1, -0.05) is 0 Å². The number of piperidine rings is 1. The summed E-state index contributed by atoms with van der Waals surface area (Å²) in [5.41, 5.74) is 0.933. The highest BCUT2D eigenvalue weighted by Crippen LogP contribution is 2.34. The Morgan fingerprint density at radius 1 is 1.36 bits per heavy atom. The lowest BCUT2D eigenvalue weighted by atomic mass is 9.79. The molecule has 3 heterocycles. The Morgan fingerprint density at radius 3 is 2.95 bits per heavy atom. The number of carbonyl (C=O) groups excluding carboxylic acids is 1. The average Bonchev–Trinajstić information content (AvgIpc) is 2.97. The molecule has 2 aliphatic rings. The first-order valence-corrected chi connectivity index (χ1v) is 9.17. The molecular formula is C17H26N2O2S. The summed E-state index contributed by atoms with van der Waals surface area (Å²) in [7, 11) is 0. The number of likely N-dealkylation sites (tertiary alicyclic amines) is 1. The van der Waals surface area contributed by atoms with E-state index in [4.69, 9.17) is 4.74 Å². The van der Waals surface area contributed by atoms with Crippen molar-refractivity contribution >= 4 is 17.2 Å². The molecule has 0 aromatic carbocycles. The van der Waals surface area contributed by atoms with Crippen LogP contribution < -0.4 is 0 Å². The summed E-state index contributed by atoms with van der Waals surface area (Å²) in [6, 6.07) is 2.46. The molecule has 0 saturated carbocycles. The molecule has 2 saturated heterocycles. The van der Waals surface area contributed by atoms with Crippen LogP contribution in [0.1, 0.15) is 37.0 Å². The Morgan fingerprint density at radius 2 is 2.23 bits per heavy atom. The minimum absolute atomic E-state index is 0.102. The second kappa shape index (κ2) is 6.69. The molecule has 22 heavy (non-hydrogen) atoms. The van der Waals surface area contributed by atoms with Gasteiger partial charge in [-0.25, -0.2) is 0 Å². The molecule has 0 bridgehead atoms. The van der Waals surface area contributed by atoms with Gasteiger partial charge in [-0.3, -0.25) is 9.69 Å². The van der Waals surface area contributed by atoms with Gasteiger partial charge in [-0.15, -0.1) is 0 Å². The fraction of sp³-hybridized carbons (Fsp3) is 0.706. The van der Waals surface area contributed by atoms with Crippen molar-refractivity contribution in [3.63, 3.8) is 0 Å². The van der Waals surface area contributed by atoms with Crippen LogP contribution in [0, 0.1) is 5.41 Å². The van der Waals surface area contributed by atoms with Gasteiger partial charge in [-0.05, 0) is 38.1 Å². The zero-order valence-corrected chi connectivity index (χ0v) is 14.4. The molecule has 0 radical (unpaired) electrons. The van der Waals surface area contributed by atoms with Gasteiger partial charge < -0.3 is 9.64 Å². The van der Waals surface area contributed by atoms with Crippen molar-refractivity contribution in [1.29, 1.82) is 0 Å². The normalized spacial score (nSPS) is 27.3. The number of hydrogen-bond donors (Lipinski definition) is 0. The number of ether oxygens (including phenoxy) is 1. The average molecular weight is 322 g/mol. The SMILES string of the molecule is CC(C)N1CCOC[C@@]2(CCCN(C(=O)c3ccsc3)C2)C1. The largest absolute Gasteiger partial charge is 0.379 e. The van der Waals surface area contributed by atoms with E-state index in [-0.39, 0.29) is 11.3 Å². The minimum atomic E-state index is 0.102. The van der Waals surface area contributed by atoms with Gasteiger partial charge in [0.15, 0.2) is 0 Å². The molecule has 1 aromatic heterocycles. The van der Waals surface area contributed by atoms with Crippen LogP contribution in [-0.4, -0.2) is 61.1 Å². The summed E-state index contributed by atoms with van der Waals surface area (Å²) in [6.07, 6.45) is 2.23. The van der Waals surface area contributed by atoms with Crippen LogP contribution in [0.3, 0.4) is 0 Å². The maximum Gasteiger partial charge on any atom is 0.254 e. The maximum absolute atomic E-state index is 12.7. The summed E-state index contributed by atoms with van der Waals surface area (Å²) in [4.78, 5) is 17.2. The predicted octanol–water partition coefficient (Wildman–Crippen LogP) is 2.71. The molecule has 5 heteroatoms. The highest BCUT2D eigenvalue weighted by atomic mass is 32.1. The zero-order valence-electron chi connectivity index (χ0n) is 13.6. The minimum Gasteiger partial charge on any atom is -0.379 e. The Balaban J connectivity index is 1.74. The van der Waals surface area contributed by atoms with E-state index in [0.717, 1.165) is 57.8 Å². The number of thiophene rings is 1. The first-order valence-electron chi connectivity index (χ1n) is 8.23. The number of carbonyl (C=O) groups is 1. The van der Waals surface area contributed by atoms with Gasteiger partial charge in [0.05, 0.1) is 18.8 Å². The summed E-state index contributed by atoms with van der Waals surface area (Å²) in [5, 5.41) is 3.93. The lowest BCUT2D eigenvalue weighted by molar-refractivity contribution is 0.00575. The Kier molecular flexibility index (Phi) is 4.85. The van der Waals surface area contributed by atoms with E-state index >= 15 is 0 Å². The Hall–Kier alpha value is -0.910. The lowest BCUT2D eigenvalue weighted by Crippen LogP contribution is -2.53. The van der Waals surface area contributed by atoms with E-state index < -0.39 is 0 Å². The van der Waals surface area contributed by atoms with E-state index in [1.54, 1.807) is 11.3 Å². The van der Waals surface area contributed by atoms with E-state index in [0.29, 0.717) is 6.04 Å². The van der Waals surface area contributed by atoms with Crippen LogP contribution in [0.2, 0.25) is 0 Å². The van der Waals surface area contributed by atoms with Crippen LogP contribution in [0.5, 0.6) is 0 Å². The number of hydrogen-bond acceptors (Lipinski definition) is 4. The van der Waals surface area contributed by atoms with Gasteiger partial charge in [0.25, 0.3) is 5.91 Å². The number of amides is 1. The molecule has 4 nitrogen and oxygen atoms in total. The van der Waals surface area contributed by atoms with Gasteiger partial charge in [0.1, 0.15) is 0 Å². The third-order valence-electron chi connectivity index (χ3n) is 4.92. The summed E-state index contributed by atoms with van der Waals surface area (Å²) >= 11 is 1.59. The van der Waals surface area contributed by atoms with E-state index in [1.807, 2.05) is 21.7 Å². The topological polar surface area (TPSA) is 32.8 Å². The van der Waals surface area contributed by atoms with Crippen molar-refractivity contribution in [1.82, 2.24) is 9.80 Å². The molecule has 3 rings (SSSR count). The lowest BCUT2D eigenvalue weighted by Gasteiger charge is -2.44. The third kappa shape index (κ3) is 3.36. The molecule has 0 N–H and O–H groups in total. The van der Waals surface area contributed by atoms with Gasteiger partial charge in [0.2, 0.25) is 0 Å². The molecule has 2 fully saturated rings. The maximum atomic E-state index is 12.7. The van der Waals surface area contributed by atoms with E-state index in [2.05, 4.69) is 18.7 Å². The monoisotopic (exact) mass is 322 g/mol. The molecule has 1 aromatic rings. The standard InChI is InChI=1S/C17H26N2O2S/c1-14(2)18-7-8-21-13-17(11-18)5-3-6-19(12-17)16(20)15-4-9-22-10-15/h4,9-10,14H,3,5-8,11-13H2,1-2H3/t17-/m0/s1. The van der Waals surface area contributed by atoms with Gasteiger partial charge in [-0.2, -0.15) is 11.3 Å². The number of nitrogens with zero attached hydrogens (tertiary/aromatic N) is 2. The van der Waals surface area contributed by atoms with Crippen molar-refractivity contribution in [3.05, 3.63) is 22.4 Å². The smallest absolute Gasteiger partial charge is 0.254 e. The summed E-state index contributed by atoms with van der Waals surface area (Å²) in [5.74, 6) is 0.181. The van der Waals surface area contributed by atoms with Crippen LogP contribution in [0.4, 0.5) is 0 Å². The molecule has 0 unspecified atom stereocenters.